The Morgan fingerprint density at radius 1 is 1.33 bits per heavy atom. The molecule has 21 heavy (non-hydrogen) atoms. The van der Waals surface area contributed by atoms with E-state index < -0.39 is 6.10 Å². The standard InChI is InChI=1S/C16H24N2O3/c19-15-6-2-1-5-14(15)17-16(20)12-7-8-18(10-12)11-13-4-3-9-21-13/h7-8,10,13-15,19H,1-6,9,11H2,(H,17,20)/t13-,14-,15-/m1/s1. The third kappa shape index (κ3) is 3.66. The first-order valence-corrected chi connectivity index (χ1v) is 7.99. The van der Waals surface area contributed by atoms with E-state index in [9.17, 15) is 9.90 Å². The van der Waals surface area contributed by atoms with E-state index in [1.807, 2.05) is 23.0 Å². The van der Waals surface area contributed by atoms with Gasteiger partial charge < -0.3 is 19.7 Å². The summed E-state index contributed by atoms with van der Waals surface area (Å²) in [7, 11) is 0. The van der Waals surface area contributed by atoms with Gasteiger partial charge in [-0.3, -0.25) is 4.79 Å². The van der Waals surface area contributed by atoms with Gasteiger partial charge in [0.25, 0.3) is 5.91 Å². The molecule has 5 nitrogen and oxygen atoms in total. The average molecular weight is 292 g/mol. The summed E-state index contributed by atoms with van der Waals surface area (Å²) in [6.45, 7) is 1.65. The van der Waals surface area contributed by atoms with Gasteiger partial charge in [-0.05, 0) is 31.7 Å². The van der Waals surface area contributed by atoms with Gasteiger partial charge in [-0.25, -0.2) is 0 Å². The summed E-state index contributed by atoms with van der Waals surface area (Å²) in [4.78, 5) is 12.2. The molecule has 1 aliphatic heterocycles. The number of rotatable bonds is 4. The lowest BCUT2D eigenvalue weighted by molar-refractivity contribution is 0.0716. The molecule has 1 saturated heterocycles. The van der Waals surface area contributed by atoms with Crippen LogP contribution in [0.4, 0.5) is 0 Å². The van der Waals surface area contributed by atoms with Gasteiger partial charge in [-0.15, -0.1) is 0 Å². The smallest absolute Gasteiger partial charge is 0.253 e. The van der Waals surface area contributed by atoms with E-state index in [2.05, 4.69) is 5.32 Å². The number of hydrogen-bond acceptors (Lipinski definition) is 3. The van der Waals surface area contributed by atoms with Gasteiger partial charge >= 0.3 is 0 Å². The van der Waals surface area contributed by atoms with Crippen LogP contribution in [0.25, 0.3) is 0 Å². The highest BCUT2D eigenvalue weighted by Crippen LogP contribution is 2.19. The summed E-state index contributed by atoms with van der Waals surface area (Å²) in [6, 6.07) is 1.73. The van der Waals surface area contributed by atoms with Gasteiger partial charge in [0.1, 0.15) is 0 Å². The minimum atomic E-state index is -0.406. The van der Waals surface area contributed by atoms with Crippen molar-refractivity contribution in [3.8, 4) is 0 Å². The Morgan fingerprint density at radius 3 is 2.95 bits per heavy atom. The number of aliphatic hydroxyl groups is 1. The van der Waals surface area contributed by atoms with Gasteiger partial charge in [0.2, 0.25) is 0 Å². The van der Waals surface area contributed by atoms with Crippen molar-refractivity contribution in [1.29, 1.82) is 0 Å². The normalized spacial score (nSPS) is 29.5. The highest BCUT2D eigenvalue weighted by molar-refractivity contribution is 5.94. The van der Waals surface area contributed by atoms with Crippen LogP contribution < -0.4 is 5.32 Å². The highest BCUT2D eigenvalue weighted by atomic mass is 16.5. The molecular weight excluding hydrogens is 268 g/mol. The molecule has 0 bridgehead atoms. The number of aliphatic hydroxyl groups excluding tert-OH is 1. The summed E-state index contributed by atoms with van der Waals surface area (Å²) in [5, 5.41) is 12.9. The van der Waals surface area contributed by atoms with Gasteiger partial charge in [0, 0.05) is 25.5 Å². The van der Waals surface area contributed by atoms with Crippen LogP contribution in [0.2, 0.25) is 0 Å². The van der Waals surface area contributed by atoms with Crippen molar-refractivity contribution in [2.45, 2.75) is 63.3 Å². The number of carbonyl (C=O) groups is 1. The van der Waals surface area contributed by atoms with Gasteiger partial charge in [0.15, 0.2) is 0 Å². The summed E-state index contributed by atoms with van der Waals surface area (Å²) >= 11 is 0. The van der Waals surface area contributed by atoms with E-state index in [0.717, 1.165) is 51.7 Å². The lowest BCUT2D eigenvalue weighted by Gasteiger charge is -2.28. The van der Waals surface area contributed by atoms with Crippen LogP contribution in [0.15, 0.2) is 18.5 Å². The van der Waals surface area contributed by atoms with E-state index in [0.29, 0.717) is 5.56 Å². The number of aromatic nitrogens is 1. The fourth-order valence-electron chi connectivity index (χ4n) is 3.24. The van der Waals surface area contributed by atoms with Crippen LogP contribution in [0.1, 0.15) is 48.9 Å². The molecule has 2 N–H and O–H groups in total. The zero-order valence-corrected chi connectivity index (χ0v) is 12.3. The number of nitrogens with zero attached hydrogens (tertiary/aromatic N) is 1. The minimum Gasteiger partial charge on any atom is -0.391 e. The summed E-state index contributed by atoms with van der Waals surface area (Å²) < 4.78 is 7.62. The van der Waals surface area contributed by atoms with Crippen LogP contribution in [-0.4, -0.2) is 40.4 Å². The maximum Gasteiger partial charge on any atom is 0.253 e. The monoisotopic (exact) mass is 292 g/mol. The second-order valence-electron chi connectivity index (χ2n) is 6.16. The molecule has 2 heterocycles. The minimum absolute atomic E-state index is 0.0907. The predicted molar refractivity (Wildman–Crippen MR) is 79.1 cm³/mol. The molecule has 1 saturated carbocycles. The Balaban J connectivity index is 1.55. The van der Waals surface area contributed by atoms with Gasteiger partial charge in [-0.2, -0.15) is 0 Å². The van der Waals surface area contributed by atoms with Crippen molar-refractivity contribution in [3.05, 3.63) is 24.0 Å². The third-order valence-electron chi connectivity index (χ3n) is 4.50. The molecule has 116 valence electrons. The Labute approximate surface area is 125 Å². The zero-order chi connectivity index (χ0) is 14.7. The van der Waals surface area contributed by atoms with E-state index in [4.69, 9.17) is 4.74 Å². The summed E-state index contributed by atoms with van der Waals surface area (Å²) in [5.41, 5.74) is 0.658. The molecule has 1 aromatic rings. The Morgan fingerprint density at radius 2 is 2.19 bits per heavy atom. The second-order valence-corrected chi connectivity index (χ2v) is 6.16. The molecular formula is C16H24N2O3. The molecule has 0 unspecified atom stereocenters. The lowest BCUT2D eigenvalue weighted by Crippen LogP contribution is -2.45. The van der Waals surface area contributed by atoms with Crippen LogP contribution in [0.5, 0.6) is 0 Å². The molecule has 1 amide bonds. The van der Waals surface area contributed by atoms with Crippen molar-refractivity contribution >= 4 is 5.91 Å². The Hall–Kier alpha value is -1.33. The fourth-order valence-corrected chi connectivity index (χ4v) is 3.24. The fraction of sp³-hybridized carbons (Fsp3) is 0.688. The number of nitrogens with one attached hydrogen (secondary N) is 1. The zero-order valence-electron chi connectivity index (χ0n) is 12.3. The Bertz CT molecular complexity index is 480. The summed E-state index contributed by atoms with van der Waals surface area (Å²) in [5.74, 6) is -0.0907. The molecule has 0 spiro atoms. The highest BCUT2D eigenvalue weighted by Gasteiger charge is 2.25. The van der Waals surface area contributed by atoms with Crippen molar-refractivity contribution in [2.75, 3.05) is 6.61 Å². The van der Waals surface area contributed by atoms with E-state index >= 15 is 0 Å². The summed E-state index contributed by atoms with van der Waals surface area (Å²) in [6.07, 6.45) is 9.64. The number of hydrogen-bond donors (Lipinski definition) is 2. The molecule has 0 aromatic carbocycles. The quantitative estimate of drug-likeness (QED) is 0.888. The maximum atomic E-state index is 12.2. The first-order valence-electron chi connectivity index (χ1n) is 7.99. The van der Waals surface area contributed by atoms with E-state index in [1.54, 1.807) is 0 Å². The molecule has 5 heteroatoms. The van der Waals surface area contributed by atoms with Gasteiger partial charge in [0.05, 0.1) is 23.8 Å². The molecule has 2 aliphatic rings. The topological polar surface area (TPSA) is 63.5 Å². The first-order chi connectivity index (χ1) is 10.2. The van der Waals surface area contributed by atoms with Crippen LogP contribution in [0, 0.1) is 0 Å². The molecule has 3 rings (SSSR count). The molecule has 2 fully saturated rings. The average Bonchev–Trinajstić information content (AvgIpc) is 3.13. The van der Waals surface area contributed by atoms with Crippen LogP contribution >= 0.6 is 0 Å². The number of amides is 1. The van der Waals surface area contributed by atoms with Crippen LogP contribution in [-0.2, 0) is 11.3 Å². The maximum absolute atomic E-state index is 12.2. The SMILES string of the molecule is O=C(N[C@@H]1CCCC[C@H]1O)c1ccn(C[C@H]2CCCO2)c1. The van der Waals surface area contributed by atoms with Crippen molar-refractivity contribution < 1.29 is 14.6 Å². The molecule has 3 atom stereocenters. The molecule has 1 aliphatic carbocycles. The van der Waals surface area contributed by atoms with E-state index in [-0.39, 0.29) is 18.1 Å². The Kier molecular flexibility index (Phi) is 4.60. The predicted octanol–water partition coefficient (Wildman–Crippen LogP) is 1.70. The van der Waals surface area contributed by atoms with E-state index in [1.165, 1.54) is 0 Å². The second kappa shape index (κ2) is 6.62. The molecule has 0 radical (unpaired) electrons. The third-order valence-corrected chi connectivity index (χ3v) is 4.50. The number of ether oxygens (including phenoxy) is 1. The van der Waals surface area contributed by atoms with Crippen LogP contribution in [0.3, 0.4) is 0 Å². The van der Waals surface area contributed by atoms with Crippen molar-refractivity contribution in [3.63, 3.8) is 0 Å². The lowest BCUT2D eigenvalue weighted by atomic mass is 9.92. The largest absolute Gasteiger partial charge is 0.391 e. The van der Waals surface area contributed by atoms with Gasteiger partial charge in [-0.1, -0.05) is 12.8 Å². The number of carbonyl (C=O) groups excluding carboxylic acids is 1. The van der Waals surface area contributed by atoms with Crippen molar-refractivity contribution in [2.24, 2.45) is 0 Å². The van der Waals surface area contributed by atoms with Crippen molar-refractivity contribution in [1.82, 2.24) is 9.88 Å². The molecule has 1 aromatic heterocycles. The first kappa shape index (κ1) is 14.6.